The zero-order valence-electron chi connectivity index (χ0n) is 12.0. The smallest absolute Gasteiger partial charge is 0.242 e. The van der Waals surface area contributed by atoms with Gasteiger partial charge >= 0.3 is 0 Å². The van der Waals surface area contributed by atoms with E-state index in [-0.39, 0.29) is 16.8 Å². The van der Waals surface area contributed by atoms with Crippen molar-refractivity contribution >= 4 is 21.7 Å². The van der Waals surface area contributed by atoms with Crippen molar-refractivity contribution in [2.75, 3.05) is 12.4 Å². The second-order valence-corrected chi connectivity index (χ2v) is 6.35. The number of hydrogen-bond donors (Lipinski definition) is 3. The van der Waals surface area contributed by atoms with Gasteiger partial charge in [0.05, 0.1) is 6.04 Å². The van der Waals surface area contributed by atoms with Gasteiger partial charge in [-0.1, -0.05) is 0 Å². The lowest BCUT2D eigenvalue weighted by Gasteiger charge is -2.16. The van der Waals surface area contributed by atoms with E-state index >= 15 is 0 Å². The third-order valence-corrected chi connectivity index (χ3v) is 3.98. The Morgan fingerprint density at radius 2 is 1.90 bits per heavy atom. The molecule has 0 bridgehead atoms. The van der Waals surface area contributed by atoms with Crippen molar-refractivity contribution in [3.8, 4) is 0 Å². The molecule has 0 fully saturated rings. The normalized spacial score (nSPS) is 13.1. The number of amides is 1. The minimum atomic E-state index is -3.77. The van der Waals surface area contributed by atoms with Gasteiger partial charge in [0.2, 0.25) is 15.9 Å². The Morgan fingerprint density at radius 1 is 1.25 bits per heavy atom. The molecule has 1 aromatic heterocycles. The number of pyridine rings is 1. The molecular weight excluding hydrogens is 280 g/mol. The van der Waals surface area contributed by atoms with Gasteiger partial charge in [-0.15, -0.1) is 0 Å². The van der Waals surface area contributed by atoms with Gasteiger partial charge in [-0.2, -0.15) is 4.72 Å². The number of sulfonamides is 1. The highest BCUT2D eigenvalue weighted by atomic mass is 32.2. The first kappa shape index (κ1) is 16.4. The number of anilines is 1. The average molecular weight is 300 g/mol. The van der Waals surface area contributed by atoms with E-state index in [0.29, 0.717) is 5.82 Å². The minimum absolute atomic E-state index is 0.0145. The van der Waals surface area contributed by atoms with Gasteiger partial charge in [-0.05, 0) is 32.9 Å². The van der Waals surface area contributed by atoms with Gasteiger partial charge in [0.1, 0.15) is 10.7 Å². The molecule has 1 rings (SSSR count). The molecule has 1 unspecified atom stereocenters. The highest BCUT2D eigenvalue weighted by Crippen LogP contribution is 2.10. The Morgan fingerprint density at radius 3 is 2.35 bits per heavy atom. The number of rotatable bonds is 6. The van der Waals surface area contributed by atoms with Gasteiger partial charge in [0, 0.05) is 19.3 Å². The van der Waals surface area contributed by atoms with Crippen LogP contribution in [0.2, 0.25) is 0 Å². The lowest BCUT2D eigenvalue weighted by Crippen LogP contribution is -2.46. The van der Waals surface area contributed by atoms with Crippen LogP contribution in [-0.2, 0) is 14.8 Å². The molecule has 1 aromatic rings. The Balaban J connectivity index is 2.80. The Labute approximate surface area is 119 Å². The number of carbonyl (C=O) groups excluding carboxylic acids is 1. The summed E-state index contributed by atoms with van der Waals surface area (Å²) in [7, 11) is -2.08. The van der Waals surface area contributed by atoms with Crippen LogP contribution in [-0.4, -0.2) is 38.4 Å². The van der Waals surface area contributed by atoms with Crippen molar-refractivity contribution in [2.45, 2.75) is 37.8 Å². The van der Waals surface area contributed by atoms with Crippen molar-refractivity contribution < 1.29 is 13.2 Å². The summed E-state index contributed by atoms with van der Waals surface area (Å²) in [6.45, 7) is 5.10. The van der Waals surface area contributed by atoms with E-state index in [2.05, 4.69) is 20.3 Å². The highest BCUT2D eigenvalue weighted by Gasteiger charge is 2.22. The first-order chi connectivity index (χ1) is 9.26. The number of nitrogens with zero attached hydrogens (tertiary/aromatic N) is 1. The molecule has 0 saturated carbocycles. The third kappa shape index (κ3) is 4.46. The Kier molecular flexibility index (Phi) is 5.46. The van der Waals surface area contributed by atoms with Gasteiger partial charge in [-0.25, -0.2) is 13.4 Å². The Bertz CT molecular complexity index is 555. The fourth-order valence-electron chi connectivity index (χ4n) is 1.45. The predicted octanol–water partition coefficient (Wildman–Crippen LogP) is 0.315. The molecule has 0 aliphatic carbocycles. The lowest BCUT2D eigenvalue weighted by atomic mass is 10.3. The van der Waals surface area contributed by atoms with Gasteiger partial charge < -0.3 is 10.6 Å². The zero-order valence-corrected chi connectivity index (χ0v) is 12.8. The number of aromatic nitrogens is 1. The Hall–Kier alpha value is -1.67. The van der Waals surface area contributed by atoms with Gasteiger partial charge in [0.25, 0.3) is 0 Å². The molecule has 1 heterocycles. The molecule has 0 aliphatic heterocycles. The molecule has 0 aromatic carbocycles. The standard InChI is InChI=1S/C12H20N4O3S/c1-8(2)15-12(17)9(3)16-20(18,19)10-5-6-11(13-4)14-7-10/h5-9,16H,1-4H3,(H,13,14)(H,15,17). The third-order valence-electron chi connectivity index (χ3n) is 2.46. The van der Waals surface area contributed by atoms with E-state index in [9.17, 15) is 13.2 Å². The molecular formula is C12H20N4O3S. The number of carbonyl (C=O) groups is 1. The summed E-state index contributed by atoms with van der Waals surface area (Å²) in [5, 5.41) is 5.44. The van der Waals surface area contributed by atoms with E-state index in [4.69, 9.17) is 0 Å². The molecule has 0 saturated heterocycles. The molecule has 1 atom stereocenters. The monoisotopic (exact) mass is 300 g/mol. The number of hydrogen-bond acceptors (Lipinski definition) is 5. The summed E-state index contributed by atoms with van der Waals surface area (Å²) in [6, 6.07) is 2.07. The largest absolute Gasteiger partial charge is 0.373 e. The molecule has 7 nitrogen and oxygen atoms in total. The fraction of sp³-hybridized carbons (Fsp3) is 0.500. The summed E-state index contributed by atoms with van der Waals surface area (Å²) in [5.41, 5.74) is 0. The summed E-state index contributed by atoms with van der Waals surface area (Å²) in [5.74, 6) is 0.193. The lowest BCUT2D eigenvalue weighted by molar-refractivity contribution is -0.122. The van der Waals surface area contributed by atoms with E-state index in [1.807, 2.05) is 0 Å². The summed E-state index contributed by atoms with van der Waals surface area (Å²) >= 11 is 0. The van der Waals surface area contributed by atoms with Crippen molar-refractivity contribution in [2.24, 2.45) is 0 Å². The predicted molar refractivity (Wildman–Crippen MR) is 76.8 cm³/mol. The fourth-order valence-corrected chi connectivity index (χ4v) is 2.60. The van der Waals surface area contributed by atoms with Crippen LogP contribution in [0, 0.1) is 0 Å². The minimum Gasteiger partial charge on any atom is -0.373 e. The molecule has 0 aliphatic rings. The van der Waals surface area contributed by atoms with Crippen LogP contribution in [0.1, 0.15) is 20.8 Å². The molecule has 3 N–H and O–H groups in total. The molecule has 8 heteroatoms. The first-order valence-corrected chi connectivity index (χ1v) is 7.71. The van der Waals surface area contributed by atoms with Crippen LogP contribution in [0.25, 0.3) is 0 Å². The van der Waals surface area contributed by atoms with Crippen LogP contribution < -0.4 is 15.4 Å². The molecule has 1 amide bonds. The van der Waals surface area contributed by atoms with E-state index in [0.717, 1.165) is 0 Å². The number of nitrogens with one attached hydrogen (secondary N) is 3. The van der Waals surface area contributed by atoms with Gasteiger partial charge in [0.15, 0.2) is 0 Å². The molecule has 0 radical (unpaired) electrons. The molecule has 0 spiro atoms. The van der Waals surface area contributed by atoms with Crippen LogP contribution in [0.4, 0.5) is 5.82 Å². The van der Waals surface area contributed by atoms with Crippen LogP contribution in [0.5, 0.6) is 0 Å². The average Bonchev–Trinajstić information content (AvgIpc) is 2.37. The quantitative estimate of drug-likeness (QED) is 0.702. The second-order valence-electron chi connectivity index (χ2n) is 4.64. The van der Waals surface area contributed by atoms with Crippen molar-refractivity contribution in [3.63, 3.8) is 0 Å². The van der Waals surface area contributed by atoms with Crippen LogP contribution in [0.15, 0.2) is 23.2 Å². The van der Waals surface area contributed by atoms with Crippen molar-refractivity contribution in [1.82, 2.24) is 15.0 Å². The maximum Gasteiger partial charge on any atom is 0.242 e. The van der Waals surface area contributed by atoms with E-state index in [1.165, 1.54) is 19.2 Å². The molecule has 20 heavy (non-hydrogen) atoms. The SMILES string of the molecule is CNc1ccc(S(=O)(=O)NC(C)C(=O)NC(C)C)cn1. The summed E-state index contributed by atoms with van der Waals surface area (Å²) in [6.07, 6.45) is 1.24. The van der Waals surface area contributed by atoms with Crippen LogP contribution >= 0.6 is 0 Å². The van der Waals surface area contributed by atoms with Crippen molar-refractivity contribution in [3.05, 3.63) is 18.3 Å². The zero-order chi connectivity index (χ0) is 15.3. The first-order valence-electron chi connectivity index (χ1n) is 6.22. The second kappa shape index (κ2) is 6.67. The van der Waals surface area contributed by atoms with E-state index < -0.39 is 16.1 Å². The maximum absolute atomic E-state index is 12.1. The summed E-state index contributed by atoms with van der Waals surface area (Å²) in [4.78, 5) is 15.6. The highest BCUT2D eigenvalue weighted by molar-refractivity contribution is 7.89. The van der Waals surface area contributed by atoms with Crippen molar-refractivity contribution in [1.29, 1.82) is 0 Å². The van der Waals surface area contributed by atoms with E-state index in [1.54, 1.807) is 27.0 Å². The van der Waals surface area contributed by atoms with Gasteiger partial charge in [-0.3, -0.25) is 4.79 Å². The maximum atomic E-state index is 12.1. The molecule has 112 valence electrons. The van der Waals surface area contributed by atoms with Crippen LogP contribution in [0.3, 0.4) is 0 Å². The summed E-state index contributed by atoms with van der Waals surface area (Å²) < 4.78 is 26.5. The topological polar surface area (TPSA) is 100 Å².